The van der Waals surface area contributed by atoms with E-state index >= 15 is 0 Å². The molecule has 0 saturated carbocycles. The van der Waals surface area contributed by atoms with Crippen LogP contribution in [-0.4, -0.2) is 44.7 Å². The summed E-state index contributed by atoms with van der Waals surface area (Å²) in [6, 6.07) is 6.14. The minimum absolute atomic E-state index is 0.0336. The quantitative estimate of drug-likeness (QED) is 0.734. The van der Waals surface area contributed by atoms with Gasteiger partial charge in [-0.15, -0.1) is 11.8 Å². The molecule has 1 unspecified atom stereocenters. The minimum atomic E-state index is -1.07. The van der Waals surface area contributed by atoms with Crippen molar-refractivity contribution in [3.8, 4) is 0 Å². The zero-order chi connectivity index (χ0) is 19.7. The van der Waals surface area contributed by atoms with Crippen LogP contribution in [0.4, 0.5) is 0 Å². The third-order valence-corrected chi connectivity index (χ3v) is 6.87. The number of nitrogens with zero attached hydrogens (tertiary/aromatic N) is 2. The van der Waals surface area contributed by atoms with Crippen molar-refractivity contribution in [2.24, 2.45) is 0 Å². The van der Waals surface area contributed by atoms with Crippen molar-refractivity contribution in [2.45, 2.75) is 29.8 Å². The van der Waals surface area contributed by atoms with E-state index in [1.54, 1.807) is 11.8 Å². The number of methoxy groups -OCH3 is 1. The summed E-state index contributed by atoms with van der Waals surface area (Å²) in [6.07, 6.45) is 3.13. The molecule has 1 aromatic carbocycles. The predicted molar refractivity (Wildman–Crippen MR) is 109 cm³/mol. The molecule has 0 amide bonds. The summed E-state index contributed by atoms with van der Waals surface area (Å²) in [4.78, 5) is 28.2. The molecule has 0 fully saturated rings. The van der Waals surface area contributed by atoms with Gasteiger partial charge in [-0.05, 0) is 30.5 Å². The molecule has 2 aromatic rings. The van der Waals surface area contributed by atoms with Crippen molar-refractivity contribution >= 4 is 46.5 Å². The number of imidazole rings is 1. The highest BCUT2D eigenvalue weighted by molar-refractivity contribution is 8.03. The van der Waals surface area contributed by atoms with Gasteiger partial charge >= 0.3 is 11.9 Å². The first-order chi connectivity index (χ1) is 13.6. The topological polar surface area (TPSA) is 93.4 Å². The van der Waals surface area contributed by atoms with Gasteiger partial charge in [0.1, 0.15) is 5.70 Å². The van der Waals surface area contributed by atoms with E-state index in [4.69, 9.17) is 9.72 Å². The first-order valence-corrected chi connectivity index (χ1v) is 10.8. The highest BCUT2D eigenvalue weighted by atomic mass is 32.2. The molecule has 146 valence electrons. The largest absolute Gasteiger partial charge is 0.477 e. The number of nitrogens with one attached hydrogen (secondary N) is 1. The lowest BCUT2D eigenvalue weighted by atomic mass is 10.0. The number of fused-ring (bicyclic) bond motifs is 3. The van der Waals surface area contributed by atoms with Crippen molar-refractivity contribution < 1.29 is 19.4 Å². The summed E-state index contributed by atoms with van der Waals surface area (Å²) in [5.41, 5.74) is 3.57. The Morgan fingerprint density at radius 2 is 2.29 bits per heavy atom. The molecule has 2 aliphatic heterocycles. The molecule has 0 bridgehead atoms. The normalized spacial score (nSPS) is 19.1. The maximum atomic E-state index is 12.2. The van der Waals surface area contributed by atoms with Crippen LogP contribution in [0.2, 0.25) is 0 Å². The summed E-state index contributed by atoms with van der Waals surface area (Å²) >= 11 is 3.08. The van der Waals surface area contributed by atoms with Gasteiger partial charge in [0.25, 0.3) is 0 Å². The second kappa shape index (κ2) is 7.92. The molecule has 4 rings (SSSR count). The Morgan fingerprint density at radius 3 is 3.07 bits per heavy atom. The molecule has 0 aliphatic carbocycles. The van der Waals surface area contributed by atoms with E-state index in [0.717, 1.165) is 40.5 Å². The standard InChI is InChI=1S/C19H19N3O4S2/c1-26-18(25)12-9-20-14(17(23)24)10-28-16(12)8-11-3-4-13-15(7-11)22-5-2-6-27-19(22)21-13/h3-4,7,9-10,16,20H,2,5-6,8H2,1H3,(H,23,24). The second-order valence-electron chi connectivity index (χ2n) is 6.47. The number of esters is 1. The molecule has 1 atom stereocenters. The molecule has 0 spiro atoms. The first-order valence-electron chi connectivity index (χ1n) is 8.82. The highest BCUT2D eigenvalue weighted by Gasteiger charge is 2.26. The van der Waals surface area contributed by atoms with Gasteiger partial charge in [0, 0.05) is 29.2 Å². The van der Waals surface area contributed by atoms with Gasteiger partial charge in [0.2, 0.25) is 0 Å². The summed E-state index contributed by atoms with van der Waals surface area (Å²) in [6.45, 7) is 0.961. The zero-order valence-electron chi connectivity index (χ0n) is 15.2. The molecule has 1 aromatic heterocycles. The number of thioether (sulfide) groups is 2. The van der Waals surface area contributed by atoms with Crippen LogP contribution in [0.1, 0.15) is 12.0 Å². The molecule has 0 radical (unpaired) electrons. The maximum absolute atomic E-state index is 12.2. The number of hydrogen-bond donors (Lipinski definition) is 2. The number of hydrogen-bond acceptors (Lipinski definition) is 7. The number of ether oxygens (including phenoxy) is 1. The number of rotatable bonds is 4. The van der Waals surface area contributed by atoms with Crippen LogP contribution in [0.25, 0.3) is 11.0 Å². The molecular weight excluding hydrogens is 398 g/mol. The van der Waals surface area contributed by atoms with Gasteiger partial charge in [-0.25, -0.2) is 14.6 Å². The number of benzene rings is 1. The fourth-order valence-electron chi connectivity index (χ4n) is 3.28. The van der Waals surface area contributed by atoms with Crippen LogP contribution < -0.4 is 5.32 Å². The molecular formula is C19H19N3O4S2. The van der Waals surface area contributed by atoms with E-state index < -0.39 is 11.9 Å². The van der Waals surface area contributed by atoms with Crippen LogP contribution in [0.5, 0.6) is 0 Å². The van der Waals surface area contributed by atoms with Gasteiger partial charge < -0.3 is 19.7 Å². The van der Waals surface area contributed by atoms with Crippen molar-refractivity contribution in [2.75, 3.05) is 12.9 Å². The summed E-state index contributed by atoms with van der Waals surface area (Å²) in [7, 11) is 1.32. The highest BCUT2D eigenvalue weighted by Crippen LogP contribution is 2.32. The van der Waals surface area contributed by atoms with Crippen molar-refractivity contribution in [3.05, 3.63) is 46.6 Å². The monoisotopic (exact) mass is 417 g/mol. The van der Waals surface area contributed by atoms with E-state index in [-0.39, 0.29) is 10.9 Å². The number of carboxylic acids is 1. The summed E-state index contributed by atoms with van der Waals surface area (Å²) in [5, 5.41) is 14.2. The molecule has 9 heteroatoms. The van der Waals surface area contributed by atoms with Gasteiger partial charge in [-0.3, -0.25) is 0 Å². The van der Waals surface area contributed by atoms with Gasteiger partial charge in [-0.2, -0.15) is 0 Å². The summed E-state index contributed by atoms with van der Waals surface area (Å²) < 4.78 is 7.14. The van der Waals surface area contributed by atoms with Crippen LogP contribution >= 0.6 is 23.5 Å². The third kappa shape index (κ3) is 3.64. The van der Waals surface area contributed by atoms with E-state index in [9.17, 15) is 14.7 Å². The van der Waals surface area contributed by atoms with E-state index in [1.807, 2.05) is 12.1 Å². The molecule has 0 saturated heterocycles. The van der Waals surface area contributed by atoms with E-state index in [2.05, 4.69) is 16.0 Å². The number of aliphatic carboxylic acids is 1. The van der Waals surface area contributed by atoms with Crippen molar-refractivity contribution in [1.29, 1.82) is 0 Å². The summed E-state index contributed by atoms with van der Waals surface area (Å²) in [5.74, 6) is -0.448. The van der Waals surface area contributed by atoms with Crippen LogP contribution in [0, 0.1) is 0 Å². The number of carboxylic acid groups (broad SMARTS) is 1. The Labute approximate surface area is 170 Å². The van der Waals surface area contributed by atoms with Crippen LogP contribution in [0.15, 0.2) is 46.2 Å². The molecule has 2 N–H and O–H groups in total. The number of aromatic nitrogens is 2. The Bertz CT molecular complexity index is 1010. The second-order valence-corrected chi connectivity index (χ2v) is 8.61. The molecule has 7 nitrogen and oxygen atoms in total. The van der Waals surface area contributed by atoms with Gasteiger partial charge in [-0.1, -0.05) is 17.8 Å². The Kier molecular flexibility index (Phi) is 5.36. The zero-order valence-corrected chi connectivity index (χ0v) is 16.8. The number of carbonyl (C=O) groups excluding carboxylic acids is 1. The Morgan fingerprint density at radius 1 is 1.43 bits per heavy atom. The minimum Gasteiger partial charge on any atom is -0.477 e. The van der Waals surface area contributed by atoms with Crippen molar-refractivity contribution in [3.63, 3.8) is 0 Å². The predicted octanol–water partition coefficient (Wildman–Crippen LogP) is 2.76. The SMILES string of the molecule is COC(=O)C1=CNC(C(=O)O)=CSC1Cc1ccc2nc3n(c2c1)CCCS3. The molecule has 2 aliphatic rings. The average Bonchev–Trinajstić information content (AvgIpc) is 2.93. The van der Waals surface area contributed by atoms with Crippen LogP contribution in [0.3, 0.4) is 0 Å². The van der Waals surface area contributed by atoms with Crippen molar-refractivity contribution in [1.82, 2.24) is 14.9 Å². The fourth-order valence-corrected chi connectivity index (χ4v) is 5.32. The Balaban J connectivity index is 1.65. The lowest BCUT2D eigenvalue weighted by molar-refractivity contribution is -0.136. The third-order valence-electron chi connectivity index (χ3n) is 4.69. The lowest BCUT2D eigenvalue weighted by Gasteiger charge is -2.16. The van der Waals surface area contributed by atoms with E-state index in [1.165, 1.54) is 30.5 Å². The van der Waals surface area contributed by atoms with E-state index in [0.29, 0.717) is 12.0 Å². The Hall–Kier alpha value is -2.39. The average molecular weight is 418 g/mol. The van der Waals surface area contributed by atoms with Crippen LogP contribution in [-0.2, 0) is 27.3 Å². The number of carbonyl (C=O) groups is 2. The molecule has 3 heterocycles. The fraction of sp³-hybridized carbons (Fsp3) is 0.316. The lowest BCUT2D eigenvalue weighted by Crippen LogP contribution is -2.20. The molecule has 28 heavy (non-hydrogen) atoms. The number of aryl methyl sites for hydroxylation is 1. The smallest absolute Gasteiger partial charge is 0.352 e. The first kappa shape index (κ1) is 18.9. The maximum Gasteiger partial charge on any atom is 0.352 e. The van der Waals surface area contributed by atoms with Gasteiger partial charge in [0.15, 0.2) is 5.16 Å². The van der Waals surface area contributed by atoms with Gasteiger partial charge in [0.05, 0.1) is 23.7 Å².